The monoisotopic (exact) mass is 360 g/mol. The maximum absolute atomic E-state index is 12.4. The Balaban J connectivity index is 1.46. The normalized spacial score (nSPS) is 17.5. The summed E-state index contributed by atoms with van der Waals surface area (Å²) in [5.74, 6) is 0.676. The number of carbonyl (C=O) groups excluding carboxylic acids is 3. The number of benzene rings is 1. The van der Waals surface area contributed by atoms with E-state index < -0.39 is 6.16 Å². The topological polar surface area (TPSA) is 84.9 Å². The average Bonchev–Trinajstić information content (AvgIpc) is 3.48. The molecule has 0 radical (unpaired) electrons. The van der Waals surface area contributed by atoms with Gasteiger partial charge in [-0.05, 0) is 56.9 Å². The molecule has 1 saturated carbocycles. The molecule has 2 fully saturated rings. The van der Waals surface area contributed by atoms with Crippen LogP contribution in [0, 0.1) is 5.92 Å². The third-order valence-electron chi connectivity index (χ3n) is 4.65. The SMILES string of the molecule is CCOC(=O)Oc1ccc(C(=O)NC2CCN(C(=O)C3CC3)CC2)cc1. The van der Waals surface area contributed by atoms with Gasteiger partial charge in [0.05, 0.1) is 6.61 Å². The van der Waals surface area contributed by atoms with Crippen LogP contribution in [-0.4, -0.2) is 48.6 Å². The van der Waals surface area contributed by atoms with E-state index in [0.29, 0.717) is 24.4 Å². The molecule has 7 heteroatoms. The zero-order chi connectivity index (χ0) is 18.5. The highest BCUT2D eigenvalue weighted by Crippen LogP contribution is 2.31. The van der Waals surface area contributed by atoms with Gasteiger partial charge >= 0.3 is 6.16 Å². The molecule has 0 bridgehead atoms. The van der Waals surface area contributed by atoms with E-state index in [1.807, 2.05) is 4.90 Å². The van der Waals surface area contributed by atoms with Crippen molar-refractivity contribution in [3.63, 3.8) is 0 Å². The number of likely N-dealkylation sites (tertiary alicyclic amines) is 1. The number of hydrogen-bond acceptors (Lipinski definition) is 5. The molecule has 1 saturated heterocycles. The number of nitrogens with one attached hydrogen (secondary N) is 1. The Bertz CT molecular complexity index is 661. The minimum absolute atomic E-state index is 0.0706. The predicted molar refractivity (Wildman–Crippen MR) is 93.9 cm³/mol. The van der Waals surface area contributed by atoms with Crippen molar-refractivity contribution >= 4 is 18.0 Å². The first-order valence-corrected chi connectivity index (χ1v) is 9.11. The lowest BCUT2D eigenvalue weighted by atomic mass is 10.0. The Morgan fingerprint density at radius 2 is 1.73 bits per heavy atom. The van der Waals surface area contributed by atoms with E-state index in [9.17, 15) is 14.4 Å². The van der Waals surface area contributed by atoms with Crippen LogP contribution < -0.4 is 10.1 Å². The van der Waals surface area contributed by atoms with Gasteiger partial charge in [-0.15, -0.1) is 0 Å². The highest BCUT2D eigenvalue weighted by Gasteiger charge is 2.35. The number of nitrogens with zero attached hydrogens (tertiary/aromatic N) is 1. The quantitative estimate of drug-likeness (QED) is 0.644. The zero-order valence-corrected chi connectivity index (χ0v) is 14.9. The summed E-state index contributed by atoms with van der Waals surface area (Å²) in [6.07, 6.45) is 2.82. The van der Waals surface area contributed by atoms with Crippen LogP contribution in [0.25, 0.3) is 0 Å². The molecule has 7 nitrogen and oxygen atoms in total. The van der Waals surface area contributed by atoms with E-state index in [4.69, 9.17) is 9.47 Å². The highest BCUT2D eigenvalue weighted by atomic mass is 16.7. The first-order chi connectivity index (χ1) is 12.6. The van der Waals surface area contributed by atoms with Gasteiger partial charge in [0.2, 0.25) is 5.91 Å². The van der Waals surface area contributed by atoms with Crippen molar-refractivity contribution in [1.29, 1.82) is 0 Å². The first-order valence-electron chi connectivity index (χ1n) is 9.11. The van der Waals surface area contributed by atoms with Crippen molar-refractivity contribution in [3.8, 4) is 5.75 Å². The second kappa shape index (κ2) is 8.21. The lowest BCUT2D eigenvalue weighted by Crippen LogP contribution is -2.47. The third kappa shape index (κ3) is 4.74. The van der Waals surface area contributed by atoms with E-state index >= 15 is 0 Å². The third-order valence-corrected chi connectivity index (χ3v) is 4.65. The summed E-state index contributed by atoms with van der Waals surface area (Å²) in [7, 11) is 0. The molecule has 2 aliphatic rings. The highest BCUT2D eigenvalue weighted by molar-refractivity contribution is 5.94. The molecular weight excluding hydrogens is 336 g/mol. The zero-order valence-electron chi connectivity index (χ0n) is 14.9. The molecule has 0 aromatic heterocycles. The molecule has 1 aromatic rings. The number of hydrogen-bond donors (Lipinski definition) is 1. The standard InChI is InChI=1S/C19H24N2O5/c1-2-25-19(24)26-16-7-5-13(6-8-16)17(22)20-15-9-11-21(12-10-15)18(23)14-3-4-14/h5-8,14-15H,2-4,9-12H2,1H3,(H,20,22). The number of amides is 2. The minimum atomic E-state index is -0.766. The summed E-state index contributed by atoms with van der Waals surface area (Å²) in [6.45, 7) is 3.34. The van der Waals surface area contributed by atoms with E-state index in [1.165, 1.54) is 0 Å². The summed E-state index contributed by atoms with van der Waals surface area (Å²) >= 11 is 0. The second-order valence-corrected chi connectivity index (χ2v) is 6.66. The Hall–Kier alpha value is -2.57. The molecule has 0 unspecified atom stereocenters. The number of piperidine rings is 1. The van der Waals surface area contributed by atoms with Gasteiger partial charge in [-0.2, -0.15) is 0 Å². The van der Waals surface area contributed by atoms with Crippen molar-refractivity contribution in [2.75, 3.05) is 19.7 Å². The predicted octanol–water partition coefficient (Wildman–Crippen LogP) is 2.35. The molecule has 1 aliphatic carbocycles. The molecule has 1 aliphatic heterocycles. The van der Waals surface area contributed by atoms with Crippen LogP contribution in [-0.2, 0) is 9.53 Å². The largest absolute Gasteiger partial charge is 0.513 e. The van der Waals surface area contributed by atoms with Gasteiger partial charge in [0.25, 0.3) is 5.91 Å². The fraction of sp³-hybridized carbons (Fsp3) is 0.526. The average molecular weight is 360 g/mol. The van der Waals surface area contributed by atoms with Gasteiger partial charge in [-0.25, -0.2) is 4.79 Å². The fourth-order valence-corrected chi connectivity index (χ4v) is 3.02. The molecule has 26 heavy (non-hydrogen) atoms. The van der Waals surface area contributed by atoms with Gasteiger partial charge in [-0.3, -0.25) is 9.59 Å². The molecule has 0 spiro atoms. The van der Waals surface area contributed by atoms with Gasteiger partial charge < -0.3 is 19.7 Å². The summed E-state index contributed by atoms with van der Waals surface area (Å²) in [5.41, 5.74) is 0.498. The van der Waals surface area contributed by atoms with Crippen molar-refractivity contribution in [2.24, 2.45) is 5.92 Å². The Morgan fingerprint density at radius 3 is 2.31 bits per heavy atom. The number of carbonyl (C=O) groups is 3. The smallest absolute Gasteiger partial charge is 0.434 e. The fourth-order valence-electron chi connectivity index (χ4n) is 3.02. The Kier molecular flexibility index (Phi) is 5.75. The lowest BCUT2D eigenvalue weighted by molar-refractivity contribution is -0.133. The molecule has 2 amide bonds. The van der Waals surface area contributed by atoms with E-state index in [2.05, 4.69) is 5.32 Å². The summed E-state index contributed by atoms with van der Waals surface area (Å²) in [4.78, 5) is 37.6. The maximum Gasteiger partial charge on any atom is 0.513 e. The van der Waals surface area contributed by atoms with Gasteiger partial charge in [-0.1, -0.05) is 0 Å². The molecule has 0 atom stereocenters. The lowest BCUT2D eigenvalue weighted by Gasteiger charge is -2.32. The second-order valence-electron chi connectivity index (χ2n) is 6.66. The Morgan fingerprint density at radius 1 is 1.08 bits per heavy atom. The molecular formula is C19H24N2O5. The molecule has 3 rings (SSSR count). The molecule has 1 N–H and O–H groups in total. The molecule has 1 heterocycles. The molecule has 1 aromatic carbocycles. The molecule has 140 valence electrons. The van der Waals surface area contributed by atoms with Crippen molar-refractivity contribution < 1.29 is 23.9 Å². The van der Waals surface area contributed by atoms with Gasteiger partial charge in [0, 0.05) is 30.6 Å². The van der Waals surface area contributed by atoms with Crippen LogP contribution in [0.2, 0.25) is 0 Å². The van der Waals surface area contributed by atoms with E-state index in [0.717, 1.165) is 25.7 Å². The van der Waals surface area contributed by atoms with Gasteiger partial charge in [0.15, 0.2) is 0 Å². The van der Waals surface area contributed by atoms with Crippen molar-refractivity contribution in [2.45, 2.75) is 38.6 Å². The van der Waals surface area contributed by atoms with Crippen molar-refractivity contribution in [3.05, 3.63) is 29.8 Å². The minimum Gasteiger partial charge on any atom is -0.434 e. The summed E-state index contributed by atoms with van der Waals surface area (Å²) < 4.78 is 9.67. The van der Waals surface area contributed by atoms with Crippen molar-refractivity contribution in [1.82, 2.24) is 10.2 Å². The maximum atomic E-state index is 12.4. The van der Waals surface area contributed by atoms with E-state index in [-0.39, 0.29) is 30.4 Å². The summed E-state index contributed by atoms with van der Waals surface area (Å²) in [6, 6.07) is 6.40. The van der Waals surface area contributed by atoms with Crippen LogP contribution in [0.4, 0.5) is 4.79 Å². The van der Waals surface area contributed by atoms with Crippen LogP contribution >= 0.6 is 0 Å². The number of rotatable bonds is 5. The van der Waals surface area contributed by atoms with Crippen LogP contribution in [0.1, 0.15) is 43.0 Å². The van der Waals surface area contributed by atoms with Crippen LogP contribution in [0.15, 0.2) is 24.3 Å². The summed E-state index contributed by atoms with van der Waals surface area (Å²) in [5, 5.41) is 3.01. The van der Waals surface area contributed by atoms with Gasteiger partial charge in [0.1, 0.15) is 5.75 Å². The number of ether oxygens (including phenoxy) is 2. The van der Waals surface area contributed by atoms with Crippen LogP contribution in [0.3, 0.4) is 0 Å². The van der Waals surface area contributed by atoms with Crippen LogP contribution in [0.5, 0.6) is 5.75 Å². The van der Waals surface area contributed by atoms with E-state index in [1.54, 1.807) is 31.2 Å². The first kappa shape index (κ1) is 18.2. The Labute approximate surface area is 152 Å².